The number of hydrogen-bond acceptors (Lipinski definition) is 3. The van der Waals surface area contributed by atoms with Crippen LogP contribution in [0.15, 0.2) is 66.7 Å². The summed E-state index contributed by atoms with van der Waals surface area (Å²) >= 11 is 5.93. The van der Waals surface area contributed by atoms with Crippen LogP contribution in [0.5, 0.6) is 5.75 Å². The fourth-order valence-corrected chi connectivity index (χ4v) is 2.48. The van der Waals surface area contributed by atoms with Crippen molar-refractivity contribution < 1.29 is 23.1 Å². The zero-order valence-electron chi connectivity index (χ0n) is 13.7. The van der Waals surface area contributed by atoms with Gasteiger partial charge < -0.3 is 10.1 Å². The van der Waals surface area contributed by atoms with Gasteiger partial charge in [0.1, 0.15) is 11.6 Å². The van der Waals surface area contributed by atoms with Crippen molar-refractivity contribution in [2.24, 2.45) is 0 Å². The molecule has 0 aromatic heterocycles. The van der Waals surface area contributed by atoms with Gasteiger partial charge in [-0.25, -0.2) is 13.6 Å². The molecule has 0 atom stereocenters. The number of anilines is 1. The molecule has 0 aliphatic heterocycles. The van der Waals surface area contributed by atoms with Gasteiger partial charge in [-0.05, 0) is 42.5 Å². The molecule has 0 aliphatic rings. The SMILES string of the molecule is O=C(Nc1cc(Cl)ccc1OC(=O)c1ccccc1F)c1ccccc1F. The molecule has 0 bridgehead atoms. The van der Waals surface area contributed by atoms with Crippen molar-refractivity contribution in [1.29, 1.82) is 0 Å². The van der Waals surface area contributed by atoms with E-state index in [1.165, 1.54) is 54.6 Å². The zero-order valence-corrected chi connectivity index (χ0v) is 14.5. The first-order valence-corrected chi connectivity index (χ1v) is 8.15. The highest BCUT2D eigenvalue weighted by Crippen LogP contribution is 2.29. The first-order valence-electron chi connectivity index (χ1n) is 7.78. The van der Waals surface area contributed by atoms with Crippen LogP contribution in [0, 0.1) is 11.6 Å². The third-order valence-electron chi connectivity index (χ3n) is 3.60. The number of carbonyl (C=O) groups excluding carboxylic acids is 2. The van der Waals surface area contributed by atoms with Crippen molar-refractivity contribution in [2.45, 2.75) is 0 Å². The molecule has 4 nitrogen and oxygen atoms in total. The van der Waals surface area contributed by atoms with Crippen molar-refractivity contribution in [3.8, 4) is 5.75 Å². The molecule has 0 spiro atoms. The van der Waals surface area contributed by atoms with E-state index in [-0.39, 0.29) is 27.6 Å². The molecule has 27 heavy (non-hydrogen) atoms. The molecular weight excluding hydrogens is 376 g/mol. The highest BCUT2D eigenvalue weighted by Gasteiger charge is 2.18. The minimum atomic E-state index is -0.947. The van der Waals surface area contributed by atoms with Gasteiger partial charge >= 0.3 is 5.97 Å². The average molecular weight is 388 g/mol. The van der Waals surface area contributed by atoms with E-state index in [0.717, 1.165) is 12.1 Å². The quantitative estimate of drug-likeness (QED) is 0.501. The van der Waals surface area contributed by atoms with E-state index in [4.69, 9.17) is 16.3 Å². The van der Waals surface area contributed by atoms with Crippen molar-refractivity contribution in [2.75, 3.05) is 5.32 Å². The Hall–Kier alpha value is -3.25. The van der Waals surface area contributed by atoms with Crippen LogP contribution >= 0.6 is 11.6 Å². The Morgan fingerprint density at radius 2 is 1.44 bits per heavy atom. The highest BCUT2D eigenvalue weighted by molar-refractivity contribution is 6.31. The molecular formula is C20H12ClF2NO3. The summed E-state index contributed by atoms with van der Waals surface area (Å²) < 4.78 is 32.7. The maximum Gasteiger partial charge on any atom is 0.346 e. The lowest BCUT2D eigenvalue weighted by Crippen LogP contribution is -2.16. The molecule has 136 valence electrons. The zero-order chi connectivity index (χ0) is 19.4. The van der Waals surface area contributed by atoms with E-state index in [2.05, 4.69) is 5.32 Å². The number of ether oxygens (including phenoxy) is 1. The van der Waals surface area contributed by atoms with Crippen molar-refractivity contribution in [1.82, 2.24) is 0 Å². The van der Waals surface area contributed by atoms with Crippen LogP contribution in [-0.4, -0.2) is 11.9 Å². The van der Waals surface area contributed by atoms with Crippen molar-refractivity contribution in [3.63, 3.8) is 0 Å². The van der Waals surface area contributed by atoms with Crippen molar-refractivity contribution >= 4 is 29.2 Å². The number of esters is 1. The van der Waals surface area contributed by atoms with E-state index < -0.39 is 23.5 Å². The summed E-state index contributed by atoms with van der Waals surface area (Å²) in [5.74, 6) is -3.21. The second-order valence-corrected chi connectivity index (χ2v) is 5.88. The maximum atomic E-state index is 13.8. The van der Waals surface area contributed by atoms with Crippen LogP contribution in [0.2, 0.25) is 5.02 Å². The fourth-order valence-electron chi connectivity index (χ4n) is 2.31. The Kier molecular flexibility index (Phi) is 5.47. The topological polar surface area (TPSA) is 55.4 Å². The van der Waals surface area contributed by atoms with Crippen LogP contribution in [0.3, 0.4) is 0 Å². The predicted octanol–water partition coefficient (Wildman–Crippen LogP) is 5.09. The highest BCUT2D eigenvalue weighted by atomic mass is 35.5. The molecule has 0 unspecified atom stereocenters. The maximum absolute atomic E-state index is 13.8. The van der Waals surface area contributed by atoms with E-state index >= 15 is 0 Å². The molecule has 1 N–H and O–H groups in total. The summed E-state index contributed by atoms with van der Waals surface area (Å²) in [6.07, 6.45) is 0. The van der Waals surface area contributed by atoms with E-state index in [1.54, 1.807) is 0 Å². The first-order chi connectivity index (χ1) is 13.0. The van der Waals surface area contributed by atoms with Crippen LogP contribution in [0.1, 0.15) is 20.7 Å². The first kappa shape index (κ1) is 18.5. The summed E-state index contributed by atoms with van der Waals surface area (Å²) in [5, 5.41) is 2.70. The molecule has 0 aliphatic carbocycles. The monoisotopic (exact) mass is 387 g/mol. The van der Waals surface area contributed by atoms with Gasteiger partial charge in [0, 0.05) is 5.02 Å². The molecule has 0 heterocycles. The standard InChI is InChI=1S/C20H12ClF2NO3/c21-12-9-10-18(27-20(26)14-6-2-4-8-16(14)23)17(11-12)24-19(25)13-5-1-3-7-15(13)22/h1-11H,(H,24,25). The molecule has 0 radical (unpaired) electrons. The molecule has 3 aromatic carbocycles. The van der Waals surface area contributed by atoms with E-state index in [9.17, 15) is 18.4 Å². The number of amides is 1. The molecule has 3 rings (SSSR count). The number of nitrogens with one attached hydrogen (secondary N) is 1. The molecule has 3 aromatic rings. The van der Waals surface area contributed by atoms with E-state index in [1.807, 2.05) is 0 Å². The Morgan fingerprint density at radius 1 is 0.852 bits per heavy atom. The van der Waals surface area contributed by atoms with Crippen molar-refractivity contribution in [3.05, 3.63) is 94.5 Å². The predicted molar refractivity (Wildman–Crippen MR) is 97.2 cm³/mol. The summed E-state index contributed by atoms with van der Waals surface area (Å²) in [6, 6.07) is 14.8. The molecule has 0 saturated heterocycles. The van der Waals surface area contributed by atoms with Crippen LogP contribution in [-0.2, 0) is 0 Å². The second kappa shape index (κ2) is 7.97. The number of carbonyl (C=O) groups is 2. The lowest BCUT2D eigenvalue weighted by atomic mass is 10.2. The largest absolute Gasteiger partial charge is 0.421 e. The minimum absolute atomic E-state index is 0.0421. The fraction of sp³-hybridized carbons (Fsp3) is 0. The summed E-state index contributed by atoms with van der Waals surface area (Å²) in [6.45, 7) is 0. The van der Waals surface area contributed by atoms with Gasteiger partial charge in [0.15, 0.2) is 5.75 Å². The Balaban J connectivity index is 1.87. The number of benzene rings is 3. The van der Waals surface area contributed by atoms with Gasteiger partial charge in [-0.2, -0.15) is 0 Å². The van der Waals surface area contributed by atoms with Gasteiger partial charge in [0.2, 0.25) is 0 Å². The van der Waals surface area contributed by atoms with Crippen LogP contribution in [0.25, 0.3) is 0 Å². The summed E-state index contributed by atoms with van der Waals surface area (Å²) in [4.78, 5) is 24.5. The van der Waals surface area contributed by atoms with Gasteiger partial charge in [0.05, 0.1) is 16.8 Å². The second-order valence-electron chi connectivity index (χ2n) is 5.44. The van der Waals surface area contributed by atoms with Gasteiger partial charge in [-0.15, -0.1) is 0 Å². The summed E-state index contributed by atoms with van der Waals surface area (Å²) in [5.41, 5.74) is -0.414. The number of rotatable bonds is 4. The molecule has 7 heteroatoms. The number of halogens is 3. The summed E-state index contributed by atoms with van der Waals surface area (Å²) in [7, 11) is 0. The average Bonchev–Trinajstić information content (AvgIpc) is 2.64. The Morgan fingerprint density at radius 3 is 2.07 bits per heavy atom. The smallest absolute Gasteiger partial charge is 0.346 e. The van der Waals surface area contributed by atoms with E-state index in [0.29, 0.717) is 0 Å². The normalized spacial score (nSPS) is 10.3. The minimum Gasteiger partial charge on any atom is -0.421 e. The Bertz CT molecular complexity index is 1020. The van der Waals surface area contributed by atoms with Gasteiger partial charge in [-0.3, -0.25) is 4.79 Å². The lowest BCUT2D eigenvalue weighted by Gasteiger charge is -2.12. The van der Waals surface area contributed by atoms with Crippen LogP contribution in [0.4, 0.5) is 14.5 Å². The molecule has 1 amide bonds. The van der Waals surface area contributed by atoms with Gasteiger partial charge in [0.25, 0.3) is 5.91 Å². The molecule has 0 saturated carbocycles. The number of hydrogen-bond donors (Lipinski definition) is 1. The lowest BCUT2D eigenvalue weighted by molar-refractivity contribution is 0.0729. The third-order valence-corrected chi connectivity index (χ3v) is 3.84. The third kappa shape index (κ3) is 4.30. The molecule has 0 fully saturated rings. The Labute approximate surface area is 158 Å². The van der Waals surface area contributed by atoms with Gasteiger partial charge in [-0.1, -0.05) is 35.9 Å². The van der Waals surface area contributed by atoms with Crippen LogP contribution < -0.4 is 10.1 Å².